The summed E-state index contributed by atoms with van der Waals surface area (Å²) in [6.07, 6.45) is 6.50. The van der Waals surface area contributed by atoms with Gasteiger partial charge in [0.1, 0.15) is 0 Å². The summed E-state index contributed by atoms with van der Waals surface area (Å²) in [5, 5.41) is 2.08. The lowest BCUT2D eigenvalue weighted by molar-refractivity contribution is 0.242. The van der Waals surface area contributed by atoms with Gasteiger partial charge in [0.15, 0.2) is 11.6 Å². The van der Waals surface area contributed by atoms with E-state index in [1.165, 1.54) is 16.0 Å². The van der Waals surface area contributed by atoms with E-state index in [2.05, 4.69) is 44.5 Å². The van der Waals surface area contributed by atoms with Gasteiger partial charge in [-0.05, 0) is 35.2 Å². The van der Waals surface area contributed by atoms with E-state index in [1.807, 2.05) is 24.5 Å². The van der Waals surface area contributed by atoms with E-state index in [1.54, 1.807) is 17.6 Å². The molecule has 0 unspecified atom stereocenters. The molecule has 1 aliphatic heterocycles. The number of hydrogen-bond acceptors (Lipinski definition) is 6. The third-order valence-electron chi connectivity index (χ3n) is 4.76. The smallest absolute Gasteiger partial charge is 0.195 e. The maximum Gasteiger partial charge on any atom is 0.195 e. The predicted molar refractivity (Wildman–Crippen MR) is 105 cm³/mol. The van der Waals surface area contributed by atoms with Gasteiger partial charge in [-0.3, -0.25) is 9.88 Å². The fraction of sp³-hybridized carbons (Fsp3) is 0.190. The van der Waals surface area contributed by atoms with Crippen LogP contribution in [0.4, 0.5) is 0 Å². The standard InChI is InChI=1S/C21H18N4OS/c1-3-19(26-9-1)21-23-12-16-14-25(8-7-17(16)24-21)13-15-5-6-18(22-11-15)20-4-2-10-27-20/h1-6,9-12H,7-8,13-14H2. The number of rotatable bonds is 4. The molecule has 0 saturated heterocycles. The van der Waals surface area contributed by atoms with Gasteiger partial charge in [0.05, 0.1) is 22.5 Å². The monoisotopic (exact) mass is 374 g/mol. The Kier molecular flexibility index (Phi) is 4.27. The SMILES string of the molecule is c1coc(-c2ncc3c(n2)CCN(Cc2ccc(-c4cccs4)nc2)C3)c1. The van der Waals surface area contributed by atoms with Crippen molar-refractivity contribution in [1.29, 1.82) is 0 Å². The number of nitrogens with zero attached hydrogens (tertiary/aromatic N) is 4. The topological polar surface area (TPSA) is 55.1 Å². The van der Waals surface area contributed by atoms with E-state index in [9.17, 15) is 0 Å². The lowest BCUT2D eigenvalue weighted by Crippen LogP contribution is -2.31. The molecule has 0 radical (unpaired) electrons. The van der Waals surface area contributed by atoms with Crippen molar-refractivity contribution >= 4 is 11.3 Å². The van der Waals surface area contributed by atoms with Gasteiger partial charge in [-0.1, -0.05) is 12.1 Å². The van der Waals surface area contributed by atoms with Crippen LogP contribution in [-0.4, -0.2) is 26.4 Å². The lowest BCUT2D eigenvalue weighted by atomic mass is 10.1. The summed E-state index contributed by atoms with van der Waals surface area (Å²) in [7, 11) is 0. The number of aromatic nitrogens is 3. The van der Waals surface area contributed by atoms with Crippen molar-refractivity contribution < 1.29 is 4.42 Å². The molecular weight excluding hydrogens is 356 g/mol. The molecule has 134 valence electrons. The second kappa shape index (κ2) is 7.06. The van der Waals surface area contributed by atoms with Crippen LogP contribution in [0.15, 0.2) is 64.9 Å². The predicted octanol–water partition coefficient (Wildman–Crippen LogP) is 4.42. The molecule has 27 heavy (non-hydrogen) atoms. The summed E-state index contributed by atoms with van der Waals surface area (Å²) < 4.78 is 5.41. The van der Waals surface area contributed by atoms with Gasteiger partial charge in [0, 0.05) is 44.0 Å². The highest BCUT2D eigenvalue weighted by atomic mass is 32.1. The molecule has 5 heterocycles. The zero-order chi connectivity index (χ0) is 18.1. The molecule has 5 rings (SSSR count). The molecule has 0 N–H and O–H groups in total. The van der Waals surface area contributed by atoms with Gasteiger partial charge in [0.25, 0.3) is 0 Å². The van der Waals surface area contributed by atoms with Crippen LogP contribution in [0.3, 0.4) is 0 Å². The van der Waals surface area contributed by atoms with Crippen LogP contribution in [0.25, 0.3) is 22.2 Å². The number of thiophene rings is 1. The molecule has 0 bridgehead atoms. The minimum absolute atomic E-state index is 0.667. The van der Waals surface area contributed by atoms with Crippen molar-refractivity contribution in [3.8, 4) is 22.2 Å². The summed E-state index contributed by atoms with van der Waals surface area (Å²) in [4.78, 5) is 17.4. The van der Waals surface area contributed by atoms with Crippen molar-refractivity contribution in [2.75, 3.05) is 6.54 Å². The summed E-state index contributed by atoms with van der Waals surface area (Å²) in [6, 6.07) is 12.2. The highest BCUT2D eigenvalue weighted by Crippen LogP contribution is 2.24. The van der Waals surface area contributed by atoms with Crippen LogP contribution in [0.5, 0.6) is 0 Å². The normalized spacial score (nSPS) is 14.2. The van der Waals surface area contributed by atoms with E-state index < -0.39 is 0 Å². The fourth-order valence-corrected chi connectivity index (χ4v) is 4.08. The van der Waals surface area contributed by atoms with Crippen molar-refractivity contribution in [3.05, 3.63) is 77.3 Å². The first-order valence-corrected chi connectivity index (χ1v) is 9.83. The summed E-state index contributed by atoms with van der Waals surface area (Å²) in [6.45, 7) is 2.73. The average Bonchev–Trinajstić information content (AvgIpc) is 3.42. The van der Waals surface area contributed by atoms with Crippen LogP contribution >= 0.6 is 11.3 Å². The van der Waals surface area contributed by atoms with Crippen molar-refractivity contribution in [2.45, 2.75) is 19.5 Å². The van der Waals surface area contributed by atoms with Gasteiger partial charge in [0.2, 0.25) is 0 Å². The summed E-state index contributed by atoms with van der Waals surface area (Å²) >= 11 is 1.72. The summed E-state index contributed by atoms with van der Waals surface area (Å²) in [5.41, 5.74) is 4.59. The van der Waals surface area contributed by atoms with Crippen molar-refractivity contribution in [2.24, 2.45) is 0 Å². The van der Waals surface area contributed by atoms with Crippen LogP contribution in [-0.2, 0) is 19.5 Å². The maximum atomic E-state index is 5.41. The molecule has 1 aliphatic rings. The van der Waals surface area contributed by atoms with E-state index in [0.29, 0.717) is 5.82 Å². The van der Waals surface area contributed by atoms with Gasteiger partial charge >= 0.3 is 0 Å². The molecule has 0 amide bonds. The Bertz CT molecular complexity index is 1030. The highest BCUT2D eigenvalue weighted by Gasteiger charge is 2.19. The van der Waals surface area contributed by atoms with Gasteiger partial charge in [-0.2, -0.15) is 0 Å². The molecule has 4 aromatic heterocycles. The molecule has 5 nitrogen and oxygen atoms in total. The highest BCUT2D eigenvalue weighted by molar-refractivity contribution is 7.13. The lowest BCUT2D eigenvalue weighted by Gasteiger charge is -2.27. The molecular formula is C21H18N4OS. The fourth-order valence-electron chi connectivity index (χ4n) is 3.38. The molecule has 0 atom stereocenters. The Labute approximate surface area is 161 Å². The largest absolute Gasteiger partial charge is 0.461 e. The second-order valence-corrected chi connectivity index (χ2v) is 7.58. The Morgan fingerprint density at radius 3 is 2.85 bits per heavy atom. The Morgan fingerprint density at radius 2 is 2.07 bits per heavy atom. The van der Waals surface area contributed by atoms with Crippen molar-refractivity contribution in [1.82, 2.24) is 19.9 Å². The van der Waals surface area contributed by atoms with Gasteiger partial charge in [-0.15, -0.1) is 11.3 Å². The first-order chi connectivity index (χ1) is 13.3. The average molecular weight is 374 g/mol. The van der Waals surface area contributed by atoms with Crippen LogP contribution in [0, 0.1) is 0 Å². The molecule has 4 aromatic rings. The second-order valence-electron chi connectivity index (χ2n) is 6.63. The van der Waals surface area contributed by atoms with E-state index in [4.69, 9.17) is 9.40 Å². The summed E-state index contributed by atoms with van der Waals surface area (Å²) in [5.74, 6) is 1.39. The molecule has 0 aromatic carbocycles. The van der Waals surface area contributed by atoms with E-state index >= 15 is 0 Å². The molecule has 6 heteroatoms. The third-order valence-corrected chi connectivity index (χ3v) is 5.65. The van der Waals surface area contributed by atoms with Gasteiger partial charge < -0.3 is 4.42 Å². The molecule has 0 spiro atoms. The van der Waals surface area contributed by atoms with Crippen molar-refractivity contribution in [3.63, 3.8) is 0 Å². The zero-order valence-corrected chi connectivity index (χ0v) is 15.5. The first-order valence-electron chi connectivity index (χ1n) is 8.95. The van der Waals surface area contributed by atoms with Crippen LogP contribution in [0.2, 0.25) is 0 Å². The number of furan rings is 1. The van der Waals surface area contributed by atoms with Crippen LogP contribution in [0.1, 0.15) is 16.8 Å². The molecule has 0 aliphatic carbocycles. The minimum Gasteiger partial charge on any atom is -0.461 e. The number of fused-ring (bicyclic) bond motifs is 1. The van der Waals surface area contributed by atoms with E-state index in [0.717, 1.165) is 43.2 Å². The zero-order valence-electron chi connectivity index (χ0n) is 14.7. The number of hydrogen-bond donors (Lipinski definition) is 0. The Hall–Kier alpha value is -2.83. The van der Waals surface area contributed by atoms with E-state index in [-0.39, 0.29) is 0 Å². The maximum absolute atomic E-state index is 5.41. The minimum atomic E-state index is 0.667. The first kappa shape index (κ1) is 16.4. The molecule has 0 fully saturated rings. The Balaban J connectivity index is 1.28. The molecule has 0 saturated carbocycles. The quantitative estimate of drug-likeness (QED) is 0.529. The van der Waals surface area contributed by atoms with Crippen LogP contribution < -0.4 is 0 Å². The number of pyridine rings is 1. The van der Waals surface area contributed by atoms with Gasteiger partial charge in [-0.25, -0.2) is 9.97 Å². The third kappa shape index (κ3) is 3.41. The Morgan fingerprint density at radius 1 is 1.07 bits per heavy atom.